The summed E-state index contributed by atoms with van der Waals surface area (Å²) in [6.07, 6.45) is 0. The summed E-state index contributed by atoms with van der Waals surface area (Å²) in [6.45, 7) is 4.11. The molecular formula is C17H15N3O3. The molecule has 1 amide bonds. The first kappa shape index (κ1) is 14.9. The highest BCUT2D eigenvalue weighted by Gasteiger charge is 2.32. The predicted octanol–water partition coefficient (Wildman–Crippen LogP) is 3.39. The van der Waals surface area contributed by atoms with Crippen molar-refractivity contribution in [2.24, 2.45) is 4.99 Å². The second-order valence-electron chi connectivity index (χ2n) is 5.25. The fourth-order valence-electron chi connectivity index (χ4n) is 2.68. The van der Waals surface area contributed by atoms with Crippen LogP contribution in [0.3, 0.4) is 0 Å². The quantitative estimate of drug-likeness (QED) is 0.644. The highest BCUT2D eigenvalue weighted by molar-refractivity contribution is 6.54. The summed E-state index contributed by atoms with van der Waals surface area (Å²) in [5, 5.41) is 11.1. The number of fused-ring (bicyclic) bond motifs is 1. The van der Waals surface area contributed by atoms with Crippen LogP contribution in [0.2, 0.25) is 0 Å². The second-order valence-corrected chi connectivity index (χ2v) is 5.25. The summed E-state index contributed by atoms with van der Waals surface area (Å²) in [7, 11) is 0. The van der Waals surface area contributed by atoms with Crippen molar-refractivity contribution < 1.29 is 9.72 Å². The zero-order chi connectivity index (χ0) is 16.6. The number of aliphatic imine (C=N–C) groups is 1. The van der Waals surface area contributed by atoms with Gasteiger partial charge in [0.2, 0.25) is 0 Å². The maximum atomic E-state index is 12.5. The van der Waals surface area contributed by atoms with Gasteiger partial charge in [-0.15, -0.1) is 0 Å². The van der Waals surface area contributed by atoms with Gasteiger partial charge in [0.1, 0.15) is 5.71 Å². The van der Waals surface area contributed by atoms with E-state index in [1.807, 2.05) is 31.2 Å². The van der Waals surface area contributed by atoms with Gasteiger partial charge >= 0.3 is 0 Å². The number of nitro groups is 1. The van der Waals surface area contributed by atoms with E-state index in [2.05, 4.69) is 4.99 Å². The molecule has 1 aliphatic rings. The van der Waals surface area contributed by atoms with Crippen LogP contribution in [0.1, 0.15) is 18.1 Å². The van der Waals surface area contributed by atoms with E-state index in [4.69, 9.17) is 0 Å². The smallest absolute Gasteiger partial charge is 0.277 e. The predicted molar refractivity (Wildman–Crippen MR) is 88.5 cm³/mol. The topological polar surface area (TPSA) is 75.8 Å². The first-order chi connectivity index (χ1) is 11.0. The number of carbonyl (C=O) groups is 1. The average molecular weight is 309 g/mol. The molecule has 0 aromatic heterocycles. The number of hydrogen-bond donors (Lipinski definition) is 0. The Hall–Kier alpha value is -3.02. The van der Waals surface area contributed by atoms with E-state index in [0.29, 0.717) is 23.5 Å². The molecule has 0 spiro atoms. The van der Waals surface area contributed by atoms with E-state index >= 15 is 0 Å². The molecule has 0 radical (unpaired) electrons. The van der Waals surface area contributed by atoms with Crippen molar-refractivity contribution in [2.45, 2.75) is 13.8 Å². The Morgan fingerprint density at radius 3 is 2.65 bits per heavy atom. The third-order valence-electron chi connectivity index (χ3n) is 3.84. The molecule has 2 aromatic rings. The lowest BCUT2D eigenvalue weighted by Crippen LogP contribution is -2.29. The van der Waals surface area contributed by atoms with Crippen molar-refractivity contribution in [3.63, 3.8) is 0 Å². The van der Waals surface area contributed by atoms with E-state index in [-0.39, 0.29) is 11.6 Å². The number of anilines is 1. The summed E-state index contributed by atoms with van der Waals surface area (Å²) < 4.78 is 0. The molecule has 2 aromatic carbocycles. The number of amides is 1. The normalized spacial score (nSPS) is 15.1. The van der Waals surface area contributed by atoms with Gasteiger partial charge in [-0.1, -0.05) is 24.3 Å². The van der Waals surface area contributed by atoms with Crippen LogP contribution in [0.4, 0.5) is 17.1 Å². The van der Waals surface area contributed by atoms with E-state index in [1.54, 1.807) is 24.0 Å². The summed E-state index contributed by atoms with van der Waals surface area (Å²) in [5.74, 6) is -0.183. The van der Waals surface area contributed by atoms with Crippen LogP contribution in [0, 0.1) is 17.0 Å². The standard InChI is InChI=1S/C17H15N3O3/c1-3-19-14-7-5-4-6-13(14)16(17(19)21)18-12-9-8-11(2)15(10-12)20(22)23/h4-10H,3H2,1-2H3. The van der Waals surface area contributed by atoms with Crippen molar-refractivity contribution in [2.75, 3.05) is 11.4 Å². The van der Waals surface area contributed by atoms with Crippen LogP contribution in [0.25, 0.3) is 0 Å². The molecule has 6 heteroatoms. The van der Waals surface area contributed by atoms with Gasteiger partial charge in [0.15, 0.2) is 0 Å². The van der Waals surface area contributed by atoms with Crippen molar-refractivity contribution in [1.29, 1.82) is 0 Å². The minimum Gasteiger partial charge on any atom is -0.307 e. The van der Waals surface area contributed by atoms with Crippen LogP contribution in [-0.2, 0) is 4.79 Å². The molecule has 0 unspecified atom stereocenters. The van der Waals surface area contributed by atoms with Gasteiger partial charge in [-0.05, 0) is 26.0 Å². The third-order valence-corrected chi connectivity index (χ3v) is 3.84. The largest absolute Gasteiger partial charge is 0.307 e. The van der Waals surface area contributed by atoms with Crippen molar-refractivity contribution in [3.05, 3.63) is 63.7 Å². The Kier molecular flexibility index (Phi) is 3.65. The molecule has 3 rings (SSSR count). The van der Waals surface area contributed by atoms with Crippen molar-refractivity contribution in [1.82, 2.24) is 0 Å². The lowest BCUT2D eigenvalue weighted by molar-refractivity contribution is -0.385. The molecule has 6 nitrogen and oxygen atoms in total. The molecule has 23 heavy (non-hydrogen) atoms. The summed E-state index contributed by atoms with van der Waals surface area (Å²) in [6, 6.07) is 12.1. The Morgan fingerprint density at radius 2 is 1.96 bits per heavy atom. The number of aryl methyl sites for hydroxylation is 1. The van der Waals surface area contributed by atoms with Crippen LogP contribution in [0.15, 0.2) is 47.5 Å². The fourth-order valence-corrected chi connectivity index (χ4v) is 2.68. The van der Waals surface area contributed by atoms with Gasteiger partial charge in [-0.2, -0.15) is 0 Å². The lowest BCUT2D eigenvalue weighted by Gasteiger charge is -2.12. The van der Waals surface area contributed by atoms with Gasteiger partial charge in [-0.3, -0.25) is 14.9 Å². The molecule has 0 saturated carbocycles. The number of hydrogen-bond acceptors (Lipinski definition) is 4. The van der Waals surface area contributed by atoms with Gasteiger partial charge in [0.25, 0.3) is 11.6 Å². The highest BCUT2D eigenvalue weighted by Crippen LogP contribution is 2.31. The molecule has 0 aliphatic carbocycles. The third kappa shape index (κ3) is 2.48. The van der Waals surface area contributed by atoms with E-state index in [9.17, 15) is 14.9 Å². The Balaban J connectivity index is 2.12. The van der Waals surface area contributed by atoms with Crippen LogP contribution in [0.5, 0.6) is 0 Å². The summed E-state index contributed by atoms with van der Waals surface area (Å²) >= 11 is 0. The van der Waals surface area contributed by atoms with Gasteiger partial charge < -0.3 is 4.90 Å². The zero-order valence-corrected chi connectivity index (χ0v) is 12.8. The number of nitro benzene ring substituents is 1. The van der Waals surface area contributed by atoms with Gasteiger partial charge in [-0.25, -0.2) is 4.99 Å². The molecule has 0 atom stereocenters. The minimum absolute atomic E-state index is 0.00192. The molecule has 0 N–H and O–H groups in total. The van der Waals surface area contributed by atoms with E-state index in [1.165, 1.54) is 6.07 Å². The lowest BCUT2D eigenvalue weighted by atomic mass is 10.1. The second kappa shape index (κ2) is 5.64. The number of para-hydroxylation sites is 1. The molecule has 0 saturated heterocycles. The SMILES string of the molecule is CCN1C(=O)C(=Nc2ccc(C)c([N+](=O)[O-])c2)c2ccccc21. The molecule has 0 fully saturated rings. The van der Waals surface area contributed by atoms with Crippen molar-refractivity contribution in [3.8, 4) is 0 Å². The number of likely N-dealkylation sites (N-methyl/N-ethyl adjacent to an activating group) is 1. The first-order valence-electron chi connectivity index (χ1n) is 7.28. The van der Waals surface area contributed by atoms with Crippen molar-refractivity contribution >= 4 is 28.7 Å². The Bertz CT molecular complexity index is 843. The summed E-state index contributed by atoms with van der Waals surface area (Å²) in [5.41, 5.74) is 2.85. The molecular weight excluding hydrogens is 294 g/mol. The fraction of sp³-hybridized carbons (Fsp3) is 0.176. The van der Waals surface area contributed by atoms with E-state index in [0.717, 1.165) is 11.3 Å². The highest BCUT2D eigenvalue weighted by atomic mass is 16.6. The van der Waals surface area contributed by atoms with Gasteiger partial charge in [0.05, 0.1) is 16.3 Å². The Labute approximate surface area is 133 Å². The maximum absolute atomic E-state index is 12.5. The van der Waals surface area contributed by atoms with E-state index < -0.39 is 4.92 Å². The molecule has 1 aliphatic heterocycles. The number of benzene rings is 2. The van der Waals surface area contributed by atoms with Gasteiger partial charge in [0, 0.05) is 23.7 Å². The number of rotatable bonds is 3. The zero-order valence-electron chi connectivity index (χ0n) is 12.8. The van der Waals surface area contributed by atoms with Crippen LogP contribution in [-0.4, -0.2) is 23.1 Å². The average Bonchev–Trinajstić information content (AvgIpc) is 2.81. The minimum atomic E-state index is -0.443. The van der Waals surface area contributed by atoms with Crippen LogP contribution < -0.4 is 4.90 Å². The number of nitrogens with zero attached hydrogens (tertiary/aromatic N) is 3. The molecule has 116 valence electrons. The first-order valence-corrected chi connectivity index (χ1v) is 7.28. The maximum Gasteiger partial charge on any atom is 0.277 e. The number of carbonyl (C=O) groups excluding carboxylic acids is 1. The molecule has 1 heterocycles. The van der Waals surface area contributed by atoms with Crippen LogP contribution >= 0.6 is 0 Å². The Morgan fingerprint density at radius 1 is 1.22 bits per heavy atom. The summed E-state index contributed by atoms with van der Waals surface area (Å²) in [4.78, 5) is 29.2. The monoisotopic (exact) mass is 309 g/mol. The molecule has 0 bridgehead atoms.